The van der Waals surface area contributed by atoms with Gasteiger partial charge in [0.15, 0.2) is 0 Å². The lowest BCUT2D eigenvalue weighted by Crippen LogP contribution is -2.43. The van der Waals surface area contributed by atoms with E-state index in [0.717, 1.165) is 12.1 Å². The molecule has 0 saturated heterocycles. The van der Waals surface area contributed by atoms with E-state index in [4.69, 9.17) is 11.6 Å². The summed E-state index contributed by atoms with van der Waals surface area (Å²) in [7, 11) is 0. The van der Waals surface area contributed by atoms with Crippen molar-refractivity contribution in [3.05, 3.63) is 28.8 Å². The molecule has 94 valence electrons. The quantitative estimate of drug-likeness (QED) is 0.861. The van der Waals surface area contributed by atoms with Gasteiger partial charge in [-0.2, -0.15) is 11.8 Å². The minimum Gasteiger partial charge on any atom is -0.508 e. The van der Waals surface area contributed by atoms with Crippen LogP contribution in [0, 0.1) is 0 Å². The summed E-state index contributed by atoms with van der Waals surface area (Å²) in [5, 5.41) is 13.8. The maximum absolute atomic E-state index is 9.72. The Morgan fingerprint density at radius 3 is 2.76 bits per heavy atom. The van der Waals surface area contributed by atoms with Gasteiger partial charge < -0.3 is 10.4 Å². The second-order valence-corrected chi connectivity index (χ2v) is 6.26. The minimum atomic E-state index is 0.275. The van der Waals surface area contributed by atoms with E-state index in [-0.39, 0.29) is 5.75 Å². The molecule has 0 atom stereocenters. The predicted octanol–water partition coefficient (Wildman–Crippen LogP) is 3.42. The lowest BCUT2D eigenvalue weighted by Gasteiger charge is -2.40. The van der Waals surface area contributed by atoms with Gasteiger partial charge in [0.05, 0.1) is 0 Å². The SMILES string of the molecule is CSC1(CNCc2c(O)cccc2Cl)CCC1. The van der Waals surface area contributed by atoms with E-state index < -0.39 is 0 Å². The van der Waals surface area contributed by atoms with E-state index in [0.29, 0.717) is 16.3 Å². The van der Waals surface area contributed by atoms with Crippen LogP contribution in [-0.4, -0.2) is 22.7 Å². The molecule has 2 rings (SSSR count). The summed E-state index contributed by atoms with van der Waals surface area (Å²) in [5.74, 6) is 0.275. The molecule has 0 aliphatic heterocycles. The summed E-state index contributed by atoms with van der Waals surface area (Å²) >= 11 is 8.00. The van der Waals surface area contributed by atoms with Crippen LogP contribution in [0.5, 0.6) is 5.75 Å². The molecule has 0 amide bonds. The summed E-state index contributed by atoms with van der Waals surface area (Å²) < 4.78 is 0.414. The van der Waals surface area contributed by atoms with E-state index in [1.807, 2.05) is 17.8 Å². The highest BCUT2D eigenvalue weighted by atomic mass is 35.5. The zero-order valence-corrected chi connectivity index (χ0v) is 11.6. The molecule has 1 saturated carbocycles. The lowest BCUT2D eigenvalue weighted by molar-refractivity contribution is 0.344. The minimum absolute atomic E-state index is 0.275. The van der Waals surface area contributed by atoms with Gasteiger partial charge in [-0.1, -0.05) is 24.1 Å². The fourth-order valence-electron chi connectivity index (χ4n) is 2.16. The van der Waals surface area contributed by atoms with Crippen molar-refractivity contribution in [3.63, 3.8) is 0 Å². The molecule has 1 fully saturated rings. The van der Waals surface area contributed by atoms with Gasteiger partial charge in [0.1, 0.15) is 5.75 Å². The first-order chi connectivity index (χ1) is 8.17. The molecule has 0 spiro atoms. The third-order valence-electron chi connectivity index (χ3n) is 3.54. The first kappa shape index (κ1) is 13.1. The largest absolute Gasteiger partial charge is 0.508 e. The van der Waals surface area contributed by atoms with Crippen molar-refractivity contribution in [2.45, 2.75) is 30.6 Å². The molecule has 0 aromatic heterocycles. The number of rotatable bonds is 5. The second-order valence-electron chi connectivity index (χ2n) is 4.58. The molecule has 1 aromatic rings. The highest BCUT2D eigenvalue weighted by Crippen LogP contribution is 2.42. The van der Waals surface area contributed by atoms with E-state index >= 15 is 0 Å². The standard InChI is InChI=1S/C13H18ClNOS/c1-17-13(6-3-7-13)9-15-8-10-11(14)4-2-5-12(10)16/h2,4-5,15-16H,3,6-9H2,1H3. The van der Waals surface area contributed by atoms with Crippen molar-refractivity contribution in [2.75, 3.05) is 12.8 Å². The van der Waals surface area contributed by atoms with Crippen LogP contribution in [0.2, 0.25) is 5.02 Å². The third-order valence-corrected chi connectivity index (χ3v) is 5.31. The summed E-state index contributed by atoms with van der Waals surface area (Å²) in [6.07, 6.45) is 6.08. The molecule has 0 radical (unpaired) electrons. The van der Waals surface area contributed by atoms with Crippen LogP contribution >= 0.6 is 23.4 Å². The first-order valence-corrected chi connectivity index (χ1v) is 7.49. The Bertz CT molecular complexity index is 367. The topological polar surface area (TPSA) is 32.3 Å². The molecule has 2 nitrogen and oxygen atoms in total. The number of halogens is 1. The number of thioether (sulfide) groups is 1. The highest BCUT2D eigenvalue weighted by molar-refractivity contribution is 8.00. The number of nitrogens with one attached hydrogen (secondary N) is 1. The average Bonchev–Trinajstić information content (AvgIpc) is 2.26. The van der Waals surface area contributed by atoms with Gasteiger partial charge in [0, 0.05) is 28.4 Å². The van der Waals surface area contributed by atoms with Crippen molar-refractivity contribution < 1.29 is 5.11 Å². The summed E-state index contributed by atoms with van der Waals surface area (Å²) in [6.45, 7) is 1.62. The van der Waals surface area contributed by atoms with Crippen LogP contribution in [0.4, 0.5) is 0 Å². The maximum atomic E-state index is 9.72. The summed E-state index contributed by atoms with van der Waals surface area (Å²) in [5.41, 5.74) is 0.796. The van der Waals surface area contributed by atoms with E-state index in [1.165, 1.54) is 19.3 Å². The van der Waals surface area contributed by atoms with Crippen LogP contribution in [0.3, 0.4) is 0 Å². The molecular formula is C13H18ClNOS. The van der Waals surface area contributed by atoms with Crippen molar-refractivity contribution in [1.82, 2.24) is 5.32 Å². The highest BCUT2D eigenvalue weighted by Gasteiger charge is 2.35. The van der Waals surface area contributed by atoms with Crippen LogP contribution in [0.25, 0.3) is 0 Å². The van der Waals surface area contributed by atoms with Crippen molar-refractivity contribution in [1.29, 1.82) is 0 Å². The Morgan fingerprint density at radius 2 is 2.24 bits per heavy atom. The maximum Gasteiger partial charge on any atom is 0.121 e. The van der Waals surface area contributed by atoms with Crippen LogP contribution in [0.15, 0.2) is 18.2 Å². The van der Waals surface area contributed by atoms with Crippen LogP contribution in [-0.2, 0) is 6.54 Å². The van der Waals surface area contributed by atoms with Gasteiger partial charge >= 0.3 is 0 Å². The molecule has 1 aliphatic carbocycles. The predicted molar refractivity (Wildman–Crippen MR) is 74.9 cm³/mol. The monoisotopic (exact) mass is 271 g/mol. The Hall–Kier alpha value is -0.380. The molecule has 2 N–H and O–H groups in total. The molecule has 0 bridgehead atoms. The molecule has 4 heteroatoms. The van der Waals surface area contributed by atoms with Gasteiger partial charge in [-0.05, 0) is 31.2 Å². The fraction of sp³-hybridized carbons (Fsp3) is 0.538. The molecule has 17 heavy (non-hydrogen) atoms. The summed E-state index contributed by atoms with van der Waals surface area (Å²) in [6, 6.07) is 5.25. The molecule has 1 aromatic carbocycles. The van der Waals surface area contributed by atoms with Gasteiger partial charge in [0.2, 0.25) is 0 Å². The van der Waals surface area contributed by atoms with E-state index in [9.17, 15) is 5.11 Å². The number of phenolic OH excluding ortho intramolecular Hbond substituents is 1. The number of aromatic hydroxyl groups is 1. The second kappa shape index (κ2) is 5.51. The van der Waals surface area contributed by atoms with Gasteiger partial charge in [-0.25, -0.2) is 0 Å². The number of phenols is 1. The van der Waals surface area contributed by atoms with Gasteiger partial charge in [0.25, 0.3) is 0 Å². The Morgan fingerprint density at radius 1 is 1.47 bits per heavy atom. The van der Waals surface area contributed by atoms with Crippen molar-refractivity contribution >= 4 is 23.4 Å². The number of benzene rings is 1. The zero-order valence-electron chi connectivity index (χ0n) is 10.0. The Balaban J connectivity index is 1.90. The average molecular weight is 272 g/mol. The molecule has 0 unspecified atom stereocenters. The molecule has 1 aliphatic rings. The van der Waals surface area contributed by atoms with Crippen molar-refractivity contribution in [2.24, 2.45) is 0 Å². The van der Waals surface area contributed by atoms with E-state index in [1.54, 1.807) is 12.1 Å². The normalized spacial score (nSPS) is 17.8. The third kappa shape index (κ3) is 2.90. The number of hydrogen-bond donors (Lipinski definition) is 2. The number of hydrogen-bond acceptors (Lipinski definition) is 3. The zero-order chi connectivity index (χ0) is 12.3. The lowest BCUT2D eigenvalue weighted by atomic mass is 9.84. The van der Waals surface area contributed by atoms with Crippen molar-refractivity contribution in [3.8, 4) is 5.75 Å². The Labute approximate surface area is 112 Å². The summed E-state index contributed by atoms with van der Waals surface area (Å²) in [4.78, 5) is 0. The Kier molecular flexibility index (Phi) is 4.23. The van der Waals surface area contributed by atoms with Gasteiger partial charge in [-0.15, -0.1) is 0 Å². The van der Waals surface area contributed by atoms with Gasteiger partial charge in [-0.3, -0.25) is 0 Å². The smallest absolute Gasteiger partial charge is 0.121 e. The van der Waals surface area contributed by atoms with Crippen LogP contribution < -0.4 is 5.32 Å². The molecule has 0 heterocycles. The van der Waals surface area contributed by atoms with E-state index in [2.05, 4.69) is 11.6 Å². The molecular weight excluding hydrogens is 254 g/mol. The fourth-order valence-corrected chi connectivity index (χ4v) is 3.34. The van der Waals surface area contributed by atoms with Crippen LogP contribution in [0.1, 0.15) is 24.8 Å². The first-order valence-electron chi connectivity index (χ1n) is 5.89.